The average Bonchev–Trinajstić information content (AvgIpc) is 3.14. The molecule has 4 atom stereocenters. The molecular formula is C12H19NO5. The van der Waals surface area contributed by atoms with Gasteiger partial charge in [-0.25, -0.2) is 4.79 Å². The van der Waals surface area contributed by atoms with Crippen LogP contribution in [0.3, 0.4) is 0 Å². The average molecular weight is 257 g/mol. The molecule has 2 unspecified atom stereocenters. The molecule has 0 bridgehead atoms. The number of amides is 1. The summed E-state index contributed by atoms with van der Waals surface area (Å²) >= 11 is 0. The molecule has 0 radical (unpaired) electrons. The van der Waals surface area contributed by atoms with E-state index in [1.165, 1.54) is 7.11 Å². The lowest BCUT2D eigenvalue weighted by Gasteiger charge is -2.21. The highest BCUT2D eigenvalue weighted by Gasteiger charge is 2.49. The van der Waals surface area contributed by atoms with Crippen molar-refractivity contribution in [1.29, 1.82) is 0 Å². The molecular weight excluding hydrogens is 238 g/mol. The predicted octanol–water partition coefficient (Wildman–Crippen LogP) is 0.411. The Morgan fingerprint density at radius 3 is 2.39 bits per heavy atom. The first-order valence-corrected chi connectivity index (χ1v) is 6.03. The van der Waals surface area contributed by atoms with Crippen molar-refractivity contribution in [2.75, 3.05) is 7.11 Å². The van der Waals surface area contributed by atoms with Crippen LogP contribution in [0.4, 0.5) is 0 Å². The zero-order valence-electron chi connectivity index (χ0n) is 10.8. The minimum Gasteiger partial charge on any atom is -0.481 e. The van der Waals surface area contributed by atoms with E-state index < -0.39 is 29.8 Å². The van der Waals surface area contributed by atoms with Crippen molar-refractivity contribution in [3.05, 3.63) is 0 Å². The number of nitrogens with one attached hydrogen (secondary N) is 1. The van der Waals surface area contributed by atoms with Gasteiger partial charge < -0.3 is 15.2 Å². The maximum atomic E-state index is 11.8. The van der Waals surface area contributed by atoms with Gasteiger partial charge in [-0.15, -0.1) is 0 Å². The van der Waals surface area contributed by atoms with Gasteiger partial charge in [0, 0.05) is 0 Å². The predicted molar refractivity (Wildman–Crippen MR) is 62.6 cm³/mol. The van der Waals surface area contributed by atoms with Crippen LogP contribution in [0.25, 0.3) is 0 Å². The molecule has 1 rings (SSSR count). The lowest BCUT2D eigenvalue weighted by molar-refractivity contribution is -0.147. The Bertz CT molecular complexity index is 354. The quantitative estimate of drug-likeness (QED) is 0.672. The summed E-state index contributed by atoms with van der Waals surface area (Å²) in [5, 5.41) is 11.3. The number of carbonyl (C=O) groups excluding carboxylic acids is 2. The fourth-order valence-corrected chi connectivity index (χ4v) is 1.81. The molecule has 0 saturated heterocycles. The number of rotatable bonds is 6. The topological polar surface area (TPSA) is 92.7 Å². The maximum absolute atomic E-state index is 11.8. The van der Waals surface area contributed by atoms with E-state index in [2.05, 4.69) is 10.1 Å². The van der Waals surface area contributed by atoms with Gasteiger partial charge in [0.05, 0.1) is 18.9 Å². The monoisotopic (exact) mass is 257 g/mol. The van der Waals surface area contributed by atoms with Gasteiger partial charge in [0.1, 0.15) is 6.04 Å². The number of carboxylic acids is 1. The van der Waals surface area contributed by atoms with Crippen molar-refractivity contribution in [3.63, 3.8) is 0 Å². The Hall–Kier alpha value is -1.59. The number of aliphatic carboxylic acids is 1. The molecule has 6 heteroatoms. The van der Waals surface area contributed by atoms with Gasteiger partial charge in [-0.2, -0.15) is 0 Å². The van der Waals surface area contributed by atoms with Crippen LogP contribution < -0.4 is 5.32 Å². The van der Waals surface area contributed by atoms with E-state index in [0.29, 0.717) is 12.8 Å². The third-order valence-corrected chi connectivity index (χ3v) is 3.41. The van der Waals surface area contributed by atoms with E-state index in [0.717, 1.165) is 0 Å². The molecule has 0 aromatic rings. The Morgan fingerprint density at radius 1 is 1.39 bits per heavy atom. The minimum atomic E-state index is -0.965. The highest BCUT2D eigenvalue weighted by molar-refractivity contribution is 5.92. The normalized spacial score (nSPS) is 24.8. The second-order valence-corrected chi connectivity index (χ2v) is 4.68. The van der Waals surface area contributed by atoms with Crippen LogP contribution in [0.5, 0.6) is 0 Å². The van der Waals surface area contributed by atoms with Crippen molar-refractivity contribution in [3.8, 4) is 0 Å². The Morgan fingerprint density at radius 2 is 2.00 bits per heavy atom. The molecule has 102 valence electrons. The first-order valence-electron chi connectivity index (χ1n) is 6.03. The van der Waals surface area contributed by atoms with Crippen LogP contribution >= 0.6 is 0 Å². The highest BCUT2D eigenvalue weighted by Crippen LogP contribution is 2.38. The number of esters is 1. The van der Waals surface area contributed by atoms with Gasteiger partial charge in [0.15, 0.2) is 0 Å². The fraction of sp³-hybridized carbons (Fsp3) is 0.750. The molecule has 6 nitrogen and oxygen atoms in total. The van der Waals surface area contributed by atoms with Crippen molar-refractivity contribution >= 4 is 17.8 Å². The molecule has 0 aromatic carbocycles. The fourth-order valence-electron chi connectivity index (χ4n) is 1.81. The SMILES string of the molecule is CCC(C)C(NC(=O)[C@@H]1C[C@@H]1C(=O)O)C(=O)OC. The van der Waals surface area contributed by atoms with E-state index in [4.69, 9.17) is 5.11 Å². The summed E-state index contributed by atoms with van der Waals surface area (Å²) in [6, 6.07) is -0.706. The van der Waals surface area contributed by atoms with E-state index in [-0.39, 0.29) is 11.8 Å². The summed E-state index contributed by atoms with van der Waals surface area (Å²) in [5.41, 5.74) is 0. The Labute approximate surface area is 106 Å². The number of hydrogen-bond donors (Lipinski definition) is 2. The first-order chi connectivity index (χ1) is 8.42. The summed E-state index contributed by atoms with van der Waals surface area (Å²) in [4.78, 5) is 34.0. The third kappa shape index (κ3) is 3.21. The Kier molecular flexibility index (Phi) is 4.69. The van der Waals surface area contributed by atoms with Crippen molar-refractivity contribution in [2.24, 2.45) is 17.8 Å². The Balaban J connectivity index is 2.59. The second-order valence-electron chi connectivity index (χ2n) is 4.68. The molecule has 1 saturated carbocycles. The van der Waals surface area contributed by atoms with Crippen LogP contribution in [0.1, 0.15) is 26.7 Å². The van der Waals surface area contributed by atoms with E-state index >= 15 is 0 Å². The molecule has 0 heterocycles. The van der Waals surface area contributed by atoms with Crippen molar-refractivity contribution in [2.45, 2.75) is 32.7 Å². The molecule has 1 aliphatic carbocycles. The molecule has 0 aromatic heterocycles. The standard InChI is InChI=1S/C12H19NO5/c1-4-6(2)9(12(17)18-3)13-10(14)7-5-8(7)11(15)16/h6-9H,4-5H2,1-3H3,(H,13,14)(H,15,16)/t6?,7-,8+,9?/m1/s1. The lowest BCUT2D eigenvalue weighted by atomic mass is 9.99. The number of carbonyl (C=O) groups is 3. The molecule has 1 aliphatic rings. The zero-order chi connectivity index (χ0) is 13.9. The summed E-state index contributed by atoms with van der Waals surface area (Å²) in [5.74, 6) is -3.01. The molecule has 2 N–H and O–H groups in total. The summed E-state index contributed by atoms with van der Waals surface area (Å²) in [6.45, 7) is 3.74. The van der Waals surface area contributed by atoms with Gasteiger partial charge >= 0.3 is 11.9 Å². The van der Waals surface area contributed by atoms with Gasteiger partial charge in [0.25, 0.3) is 0 Å². The van der Waals surface area contributed by atoms with Crippen LogP contribution in [0.15, 0.2) is 0 Å². The van der Waals surface area contributed by atoms with E-state index in [1.807, 2.05) is 13.8 Å². The summed E-state index contributed by atoms with van der Waals surface area (Å²) < 4.78 is 4.64. The molecule has 0 spiro atoms. The third-order valence-electron chi connectivity index (χ3n) is 3.41. The maximum Gasteiger partial charge on any atom is 0.328 e. The summed E-state index contributed by atoms with van der Waals surface area (Å²) in [6.07, 6.45) is 1.06. The largest absolute Gasteiger partial charge is 0.481 e. The van der Waals surface area contributed by atoms with Gasteiger partial charge in [-0.3, -0.25) is 9.59 Å². The lowest BCUT2D eigenvalue weighted by Crippen LogP contribution is -2.46. The highest BCUT2D eigenvalue weighted by atomic mass is 16.5. The van der Waals surface area contributed by atoms with Crippen molar-refractivity contribution < 1.29 is 24.2 Å². The van der Waals surface area contributed by atoms with Crippen LogP contribution in [-0.4, -0.2) is 36.1 Å². The van der Waals surface area contributed by atoms with Crippen LogP contribution in [0.2, 0.25) is 0 Å². The molecule has 1 fully saturated rings. The van der Waals surface area contributed by atoms with Gasteiger partial charge in [-0.1, -0.05) is 20.3 Å². The zero-order valence-corrected chi connectivity index (χ0v) is 10.8. The van der Waals surface area contributed by atoms with Gasteiger partial charge in [0.2, 0.25) is 5.91 Å². The number of ether oxygens (including phenoxy) is 1. The minimum absolute atomic E-state index is 0.0524. The number of methoxy groups -OCH3 is 1. The van der Waals surface area contributed by atoms with Crippen LogP contribution in [-0.2, 0) is 19.1 Å². The van der Waals surface area contributed by atoms with E-state index in [9.17, 15) is 14.4 Å². The molecule has 0 aliphatic heterocycles. The first kappa shape index (κ1) is 14.5. The second kappa shape index (κ2) is 5.84. The number of carboxylic acid groups (broad SMARTS) is 1. The number of hydrogen-bond acceptors (Lipinski definition) is 4. The van der Waals surface area contributed by atoms with Crippen LogP contribution in [0, 0.1) is 17.8 Å². The molecule has 18 heavy (non-hydrogen) atoms. The van der Waals surface area contributed by atoms with Gasteiger partial charge in [-0.05, 0) is 12.3 Å². The summed E-state index contributed by atoms with van der Waals surface area (Å²) in [7, 11) is 1.26. The van der Waals surface area contributed by atoms with Crippen molar-refractivity contribution in [1.82, 2.24) is 5.32 Å². The smallest absolute Gasteiger partial charge is 0.328 e. The molecule has 1 amide bonds. The van der Waals surface area contributed by atoms with E-state index in [1.54, 1.807) is 0 Å².